The third kappa shape index (κ3) is 4.65. The zero-order valence-corrected chi connectivity index (χ0v) is 17.7. The van der Waals surface area contributed by atoms with Crippen molar-refractivity contribution in [1.82, 2.24) is 19.7 Å². The normalized spacial score (nSPS) is 11.6. The van der Waals surface area contributed by atoms with Crippen molar-refractivity contribution < 1.29 is 14.3 Å². The summed E-state index contributed by atoms with van der Waals surface area (Å²) < 4.78 is 6.86. The van der Waals surface area contributed by atoms with Gasteiger partial charge in [-0.3, -0.25) is 4.79 Å². The molecule has 1 atom stereocenters. The first-order valence-electron chi connectivity index (χ1n) is 9.73. The maximum Gasteiger partial charge on any atom is 0.379 e. The maximum atomic E-state index is 12.7. The number of pyridine rings is 1. The second-order valence-corrected chi connectivity index (χ2v) is 7.11. The molecule has 32 heavy (non-hydrogen) atoms. The molecule has 9 heteroatoms. The summed E-state index contributed by atoms with van der Waals surface area (Å²) >= 11 is 5.95. The summed E-state index contributed by atoms with van der Waals surface area (Å²) in [4.78, 5) is 33.4. The first-order valence-corrected chi connectivity index (χ1v) is 10.1. The number of hydrogen-bond acceptors (Lipinski definition) is 6. The Balaban J connectivity index is 1.56. The fourth-order valence-corrected chi connectivity index (χ4v) is 3.07. The molecule has 8 nitrogen and oxygen atoms in total. The average Bonchev–Trinajstić information content (AvgIpc) is 3.27. The van der Waals surface area contributed by atoms with E-state index in [0.29, 0.717) is 11.5 Å². The third-order valence-electron chi connectivity index (χ3n) is 4.49. The molecule has 4 aromatic rings. The summed E-state index contributed by atoms with van der Waals surface area (Å²) in [5.74, 6) is -1.06. The predicted octanol–water partition coefficient (Wildman–Crippen LogP) is 4.17. The molecule has 160 valence electrons. The first-order chi connectivity index (χ1) is 15.5. The number of aromatic nitrogens is 4. The Hall–Kier alpha value is -4.04. The lowest BCUT2D eigenvalue weighted by Gasteiger charge is -2.12. The Morgan fingerprint density at radius 2 is 1.69 bits per heavy atom. The maximum absolute atomic E-state index is 12.7. The number of hydrogen-bond donors (Lipinski definition) is 1. The van der Waals surface area contributed by atoms with E-state index in [2.05, 4.69) is 20.4 Å². The summed E-state index contributed by atoms with van der Waals surface area (Å²) in [6.07, 6.45) is 0.392. The Kier molecular flexibility index (Phi) is 6.23. The fourth-order valence-electron chi connectivity index (χ4n) is 2.90. The monoisotopic (exact) mass is 447 g/mol. The number of carbonyl (C=O) groups excluding carboxylic acids is 2. The Bertz CT molecular complexity index is 1190. The van der Waals surface area contributed by atoms with Crippen LogP contribution in [0, 0.1) is 0 Å². The summed E-state index contributed by atoms with van der Waals surface area (Å²) in [6, 6.07) is 21.9. The molecular formula is C23H18ClN5O3. The number of benzene rings is 2. The molecule has 0 aliphatic heterocycles. The van der Waals surface area contributed by atoms with E-state index in [4.69, 9.17) is 16.3 Å². The summed E-state index contributed by atoms with van der Waals surface area (Å²) in [5.41, 5.74) is 1.83. The van der Waals surface area contributed by atoms with E-state index in [-0.39, 0.29) is 11.0 Å². The van der Waals surface area contributed by atoms with E-state index < -0.39 is 18.0 Å². The van der Waals surface area contributed by atoms with Gasteiger partial charge in [0.2, 0.25) is 0 Å². The molecule has 0 fully saturated rings. The summed E-state index contributed by atoms with van der Waals surface area (Å²) in [5, 5.41) is 7.05. The summed E-state index contributed by atoms with van der Waals surface area (Å²) in [6.45, 7) is 1.45. The lowest BCUT2D eigenvalue weighted by molar-refractivity contribution is -0.123. The molecule has 0 bridgehead atoms. The van der Waals surface area contributed by atoms with Gasteiger partial charge in [-0.1, -0.05) is 60.1 Å². The van der Waals surface area contributed by atoms with Crippen molar-refractivity contribution in [1.29, 1.82) is 0 Å². The minimum absolute atomic E-state index is 0.134. The predicted molar refractivity (Wildman–Crippen MR) is 120 cm³/mol. The molecule has 0 aliphatic rings. The molecule has 2 aromatic heterocycles. The fraction of sp³-hybridized carbons (Fsp3) is 0.0870. The number of esters is 1. The van der Waals surface area contributed by atoms with E-state index in [1.54, 1.807) is 16.8 Å². The van der Waals surface area contributed by atoms with Crippen LogP contribution in [0.4, 0.5) is 5.69 Å². The number of carbonyl (C=O) groups is 2. The largest absolute Gasteiger partial charge is 0.447 e. The van der Waals surface area contributed by atoms with Crippen LogP contribution in [0.15, 0.2) is 79.0 Å². The quantitative estimate of drug-likeness (QED) is 0.352. The van der Waals surface area contributed by atoms with Gasteiger partial charge in [-0.05, 0) is 31.2 Å². The van der Waals surface area contributed by atoms with Gasteiger partial charge in [0, 0.05) is 11.8 Å². The molecule has 1 amide bonds. The van der Waals surface area contributed by atoms with Crippen molar-refractivity contribution in [3.05, 3.63) is 90.0 Å². The molecule has 1 unspecified atom stereocenters. The molecule has 2 aromatic carbocycles. The molecule has 0 radical (unpaired) electrons. The molecule has 2 heterocycles. The number of anilines is 1. The van der Waals surface area contributed by atoms with Crippen LogP contribution in [-0.4, -0.2) is 37.7 Å². The van der Waals surface area contributed by atoms with Gasteiger partial charge >= 0.3 is 5.97 Å². The standard InChI is InChI=1S/C23H18ClN5O3/c1-15(22(30)26-18-13-8-14-25-19(18)24)32-23(31)20-27-21(16-9-4-2-5-10-16)29(28-20)17-11-6-3-7-12-17/h2-15H,1H3,(H,26,30). The lowest BCUT2D eigenvalue weighted by atomic mass is 10.2. The Labute approximate surface area is 188 Å². The minimum Gasteiger partial charge on any atom is -0.447 e. The van der Waals surface area contributed by atoms with Crippen LogP contribution < -0.4 is 5.32 Å². The van der Waals surface area contributed by atoms with Crippen molar-refractivity contribution in [2.75, 3.05) is 5.32 Å². The van der Waals surface area contributed by atoms with E-state index >= 15 is 0 Å². The average molecular weight is 448 g/mol. The number of para-hydroxylation sites is 1. The van der Waals surface area contributed by atoms with E-state index in [1.807, 2.05) is 60.7 Å². The molecule has 4 rings (SSSR count). The first kappa shape index (κ1) is 21.2. The molecule has 1 N–H and O–H groups in total. The topological polar surface area (TPSA) is 99.0 Å². The van der Waals surface area contributed by atoms with Gasteiger partial charge in [-0.15, -0.1) is 5.10 Å². The molecule has 0 aliphatic carbocycles. The SMILES string of the molecule is CC(OC(=O)c1nc(-c2ccccc2)n(-c2ccccc2)n1)C(=O)Nc1cccnc1Cl. The number of halogens is 1. The van der Waals surface area contributed by atoms with Crippen LogP contribution in [0.5, 0.6) is 0 Å². The number of nitrogens with one attached hydrogen (secondary N) is 1. The third-order valence-corrected chi connectivity index (χ3v) is 4.79. The van der Waals surface area contributed by atoms with Gasteiger partial charge in [0.05, 0.1) is 11.4 Å². The highest BCUT2D eigenvalue weighted by Gasteiger charge is 2.24. The molecule has 0 saturated heterocycles. The smallest absolute Gasteiger partial charge is 0.379 e. The Morgan fingerprint density at radius 3 is 2.38 bits per heavy atom. The van der Waals surface area contributed by atoms with Crippen molar-refractivity contribution in [3.63, 3.8) is 0 Å². The minimum atomic E-state index is -1.11. The second-order valence-electron chi connectivity index (χ2n) is 6.75. The number of rotatable bonds is 6. The number of ether oxygens (including phenoxy) is 1. The number of nitrogens with zero attached hydrogens (tertiary/aromatic N) is 4. The van der Waals surface area contributed by atoms with E-state index in [9.17, 15) is 9.59 Å². The summed E-state index contributed by atoms with van der Waals surface area (Å²) in [7, 11) is 0. The van der Waals surface area contributed by atoms with Crippen molar-refractivity contribution in [2.24, 2.45) is 0 Å². The van der Waals surface area contributed by atoms with Crippen molar-refractivity contribution in [3.8, 4) is 17.1 Å². The van der Waals surface area contributed by atoms with Gasteiger partial charge in [-0.2, -0.15) is 0 Å². The van der Waals surface area contributed by atoms with Crippen LogP contribution in [0.2, 0.25) is 5.15 Å². The highest BCUT2D eigenvalue weighted by Crippen LogP contribution is 2.22. The van der Waals surface area contributed by atoms with E-state index in [1.165, 1.54) is 13.1 Å². The Morgan fingerprint density at radius 1 is 1.00 bits per heavy atom. The van der Waals surface area contributed by atoms with Crippen LogP contribution in [0.1, 0.15) is 17.5 Å². The van der Waals surface area contributed by atoms with Crippen LogP contribution in [0.3, 0.4) is 0 Å². The van der Waals surface area contributed by atoms with Crippen LogP contribution in [0.25, 0.3) is 17.1 Å². The van der Waals surface area contributed by atoms with Crippen molar-refractivity contribution in [2.45, 2.75) is 13.0 Å². The highest BCUT2D eigenvalue weighted by molar-refractivity contribution is 6.32. The lowest BCUT2D eigenvalue weighted by Crippen LogP contribution is -2.30. The highest BCUT2D eigenvalue weighted by atomic mass is 35.5. The van der Waals surface area contributed by atoms with Gasteiger partial charge in [-0.25, -0.2) is 19.4 Å². The van der Waals surface area contributed by atoms with Crippen LogP contribution in [-0.2, 0) is 9.53 Å². The van der Waals surface area contributed by atoms with Gasteiger partial charge in [0.25, 0.3) is 11.7 Å². The van der Waals surface area contributed by atoms with E-state index in [0.717, 1.165) is 11.3 Å². The van der Waals surface area contributed by atoms with Gasteiger partial charge < -0.3 is 10.1 Å². The molecule has 0 spiro atoms. The second kappa shape index (κ2) is 9.40. The molecular weight excluding hydrogens is 430 g/mol. The zero-order valence-electron chi connectivity index (χ0n) is 17.0. The van der Waals surface area contributed by atoms with Crippen LogP contribution >= 0.6 is 11.6 Å². The number of amides is 1. The van der Waals surface area contributed by atoms with Gasteiger partial charge in [0.1, 0.15) is 0 Å². The van der Waals surface area contributed by atoms with Crippen molar-refractivity contribution >= 4 is 29.2 Å². The molecule has 0 saturated carbocycles. The van der Waals surface area contributed by atoms with Gasteiger partial charge in [0.15, 0.2) is 17.1 Å². The zero-order chi connectivity index (χ0) is 22.5.